The van der Waals surface area contributed by atoms with Gasteiger partial charge in [-0.2, -0.15) is 0 Å². The Kier molecular flexibility index (Phi) is 1.88. The van der Waals surface area contributed by atoms with E-state index in [1.165, 1.54) is 0 Å². The molecule has 1 aliphatic heterocycles. The molecule has 1 aromatic heterocycles. The lowest BCUT2D eigenvalue weighted by atomic mass is 10.2. The highest BCUT2D eigenvalue weighted by Gasteiger charge is 2.11. The van der Waals surface area contributed by atoms with Crippen LogP contribution >= 0.6 is 0 Å². The Labute approximate surface area is 76.4 Å². The molecular weight excluding hydrogens is 166 g/mol. The Morgan fingerprint density at radius 2 is 2.23 bits per heavy atom. The van der Waals surface area contributed by atoms with Gasteiger partial charge in [0.1, 0.15) is 5.82 Å². The molecule has 0 saturated heterocycles. The second-order valence-corrected chi connectivity index (χ2v) is 3.15. The van der Waals surface area contributed by atoms with Crippen LogP contribution in [0.4, 0.5) is 5.82 Å². The summed E-state index contributed by atoms with van der Waals surface area (Å²) in [4.78, 5) is 15.2. The molecule has 0 spiro atoms. The topological polar surface area (TPSA) is 54.0 Å². The molecule has 0 unspecified atom stereocenters. The molecule has 1 amide bonds. The fourth-order valence-corrected chi connectivity index (χ4v) is 1.34. The minimum atomic E-state index is 0.00986. The van der Waals surface area contributed by atoms with Crippen LogP contribution in [0.3, 0.4) is 0 Å². The van der Waals surface area contributed by atoms with Crippen molar-refractivity contribution in [3.05, 3.63) is 23.4 Å². The van der Waals surface area contributed by atoms with Crippen molar-refractivity contribution in [3.8, 4) is 0 Å². The predicted octanol–water partition coefficient (Wildman–Crippen LogP) is 0.432. The number of hydrogen-bond acceptors (Lipinski definition) is 3. The first-order valence-electron chi connectivity index (χ1n) is 4.22. The molecular formula is C9H11N3O. The Bertz CT molecular complexity index is 349. The zero-order valence-corrected chi connectivity index (χ0v) is 7.42. The fourth-order valence-electron chi connectivity index (χ4n) is 1.34. The van der Waals surface area contributed by atoms with E-state index < -0.39 is 0 Å². The van der Waals surface area contributed by atoms with Crippen LogP contribution in [-0.4, -0.2) is 17.4 Å². The van der Waals surface area contributed by atoms with Gasteiger partial charge in [-0.15, -0.1) is 0 Å². The SMILES string of the molecule is Cc1cnc2c(c1)CNC(=O)CN2. The number of aromatic nitrogens is 1. The molecule has 68 valence electrons. The lowest BCUT2D eigenvalue weighted by molar-refractivity contribution is -0.119. The Morgan fingerprint density at radius 3 is 3.08 bits per heavy atom. The summed E-state index contributed by atoms with van der Waals surface area (Å²) in [6, 6.07) is 2.03. The maximum Gasteiger partial charge on any atom is 0.239 e. The van der Waals surface area contributed by atoms with Gasteiger partial charge < -0.3 is 10.6 Å². The zero-order chi connectivity index (χ0) is 9.26. The van der Waals surface area contributed by atoms with E-state index in [1.807, 2.05) is 13.0 Å². The molecule has 0 radical (unpaired) electrons. The van der Waals surface area contributed by atoms with Crippen LogP contribution in [0.15, 0.2) is 12.3 Å². The van der Waals surface area contributed by atoms with E-state index in [0.717, 1.165) is 16.9 Å². The lowest BCUT2D eigenvalue weighted by Crippen LogP contribution is -2.25. The number of nitrogens with one attached hydrogen (secondary N) is 2. The number of amides is 1. The van der Waals surface area contributed by atoms with Crippen molar-refractivity contribution >= 4 is 11.7 Å². The van der Waals surface area contributed by atoms with E-state index in [-0.39, 0.29) is 5.91 Å². The van der Waals surface area contributed by atoms with Crippen molar-refractivity contribution < 1.29 is 4.79 Å². The van der Waals surface area contributed by atoms with E-state index in [1.54, 1.807) is 6.20 Å². The van der Waals surface area contributed by atoms with Gasteiger partial charge in [-0.1, -0.05) is 0 Å². The molecule has 4 heteroatoms. The fraction of sp³-hybridized carbons (Fsp3) is 0.333. The van der Waals surface area contributed by atoms with E-state index >= 15 is 0 Å². The van der Waals surface area contributed by atoms with Gasteiger partial charge in [0.15, 0.2) is 0 Å². The molecule has 13 heavy (non-hydrogen) atoms. The standard InChI is InChI=1S/C9H11N3O/c1-6-2-7-4-10-8(13)5-12-9(7)11-3-6/h2-3H,4-5H2,1H3,(H,10,13)(H,11,12). The molecule has 2 heterocycles. The van der Waals surface area contributed by atoms with E-state index in [2.05, 4.69) is 15.6 Å². The molecule has 0 atom stereocenters. The monoisotopic (exact) mass is 177 g/mol. The van der Waals surface area contributed by atoms with Gasteiger partial charge in [0.2, 0.25) is 5.91 Å². The summed E-state index contributed by atoms with van der Waals surface area (Å²) in [5, 5.41) is 5.77. The number of carbonyl (C=O) groups is 1. The predicted molar refractivity (Wildman–Crippen MR) is 49.3 cm³/mol. The van der Waals surface area contributed by atoms with Crippen LogP contribution in [0.25, 0.3) is 0 Å². The van der Waals surface area contributed by atoms with Crippen LogP contribution in [0.2, 0.25) is 0 Å². The third-order valence-electron chi connectivity index (χ3n) is 2.00. The van der Waals surface area contributed by atoms with Gasteiger partial charge in [-0.05, 0) is 18.6 Å². The molecule has 4 nitrogen and oxygen atoms in total. The Balaban J connectivity index is 2.35. The summed E-state index contributed by atoms with van der Waals surface area (Å²) >= 11 is 0. The van der Waals surface area contributed by atoms with Gasteiger partial charge in [0.25, 0.3) is 0 Å². The molecule has 2 rings (SSSR count). The van der Waals surface area contributed by atoms with Gasteiger partial charge in [0, 0.05) is 18.3 Å². The van der Waals surface area contributed by atoms with Crippen LogP contribution in [0.5, 0.6) is 0 Å². The number of hydrogen-bond donors (Lipinski definition) is 2. The Hall–Kier alpha value is -1.58. The quantitative estimate of drug-likeness (QED) is 0.604. The highest BCUT2D eigenvalue weighted by molar-refractivity contribution is 5.81. The van der Waals surface area contributed by atoms with Crippen molar-refractivity contribution in [1.29, 1.82) is 0 Å². The second-order valence-electron chi connectivity index (χ2n) is 3.15. The number of carbonyl (C=O) groups excluding carboxylic acids is 1. The molecule has 0 saturated carbocycles. The van der Waals surface area contributed by atoms with Crippen LogP contribution in [0, 0.1) is 6.92 Å². The van der Waals surface area contributed by atoms with E-state index in [0.29, 0.717) is 13.1 Å². The summed E-state index contributed by atoms with van der Waals surface area (Å²) in [6.07, 6.45) is 1.79. The zero-order valence-electron chi connectivity index (χ0n) is 7.42. The summed E-state index contributed by atoms with van der Waals surface area (Å²) in [6.45, 7) is 2.86. The largest absolute Gasteiger partial charge is 0.361 e. The maximum atomic E-state index is 11.0. The van der Waals surface area contributed by atoms with Crippen LogP contribution in [0.1, 0.15) is 11.1 Å². The first kappa shape index (κ1) is 8.04. The maximum absolute atomic E-state index is 11.0. The molecule has 2 N–H and O–H groups in total. The van der Waals surface area contributed by atoms with Gasteiger partial charge in [0.05, 0.1) is 6.54 Å². The molecule has 1 aromatic rings. The average molecular weight is 177 g/mol. The summed E-state index contributed by atoms with van der Waals surface area (Å²) in [7, 11) is 0. The minimum Gasteiger partial charge on any atom is -0.361 e. The molecule has 0 fully saturated rings. The van der Waals surface area contributed by atoms with Crippen molar-refractivity contribution in [2.75, 3.05) is 11.9 Å². The van der Waals surface area contributed by atoms with Crippen molar-refractivity contribution in [3.63, 3.8) is 0 Å². The first-order valence-corrected chi connectivity index (χ1v) is 4.22. The smallest absolute Gasteiger partial charge is 0.239 e. The number of anilines is 1. The third-order valence-corrected chi connectivity index (χ3v) is 2.00. The van der Waals surface area contributed by atoms with Crippen molar-refractivity contribution in [2.24, 2.45) is 0 Å². The average Bonchev–Trinajstić information content (AvgIpc) is 2.29. The minimum absolute atomic E-state index is 0.00986. The molecule has 1 aliphatic rings. The second kappa shape index (κ2) is 3.05. The first-order chi connectivity index (χ1) is 6.25. The lowest BCUT2D eigenvalue weighted by Gasteiger charge is -2.04. The van der Waals surface area contributed by atoms with Gasteiger partial charge >= 0.3 is 0 Å². The molecule has 0 aromatic carbocycles. The summed E-state index contributed by atoms with van der Waals surface area (Å²) < 4.78 is 0. The number of rotatable bonds is 0. The normalized spacial score (nSPS) is 15.3. The number of nitrogens with zero attached hydrogens (tertiary/aromatic N) is 1. The third kappa shape index (κ3) is 1.61. The highest BCUT2D eigenvalue weighted by Crippen LogP contribution is 2.14. The summed E-state index contributed by atoms with van der Waals surface area (Å²) in [5.74, 6) is 0.819. The number of pyridine rings is 1. The van der Waals surface area contributed by atoms with Crippen molar-refractivity contribution in [2.45, 2.75) is 13.5 Å². The number of fused-ring (bicyclic) bond motifs is 1. The van der Waals surface area contributed by atoms with Crippen LogP contribution in [-0.2, 0) is 11.3 Å². The van der Waals surface area contributed by atoms with Gasteiger partial charge in [-0.3, -0.25) is 4.79 Å². The van der Waals surface area contributed by atoms with E-state index in [4.69, 9.17) is 0 Å². The molecule has 0 bridgehead atoms. The van der Waals surface area contributed by atoms with E-state index in [9.17, 15) is 4.79 Å². The highest BCUT2D eigenvalue weighted by atomic mass is 16.1. The van der Waals surface area contributed by atoms with Crippen LogP contribution < -0.4 is 10.6 Å². The van der Waals surface area contributed by atoms with Crippen molar-refractivity contribution in [1.82, 2.24) is 10.3 Å². The summed E-state index contributed by atoms with van der Waals surface area (Å²) in [5.41, 5.74) is 2.16. The Morgan fingerprint density at radius 1 is 1.38 bits per heavy atom. The number of aryl methyl sites for hydroxylation is 1. The molecule has 0 aliphatic carbocycles. The van der Waals surface area contributed by atoms with Gasteiger partial charge in [-0.25, -0.2) is 4.98 Å².